The summed E-state index contributed by atoms with van der Waals surface area (Å²) in [5, 5.41) is 14.6. The molecular weight excluding hydrogens is 452 g/mol. The summed E-state index contributed by atoms with van der Waals surface area (Å²) >= 11 is 0. The van der Waals surface area contributed by atoms with Crippen LogP contribution in [0.2, 0.25) is 0 Å². The van der Waals surface area contributed by atoms with E-state index < -0.39 is 55.9 Å². The highest BCUT2D eigenvalue weighted by molar-refractivity contribution is 5.87. The van der Waals surface area contributed by atoms with Gasteiger partial charge in [-0.05, 0) is 22.3 Å². The minimum atomic E-state index is -3.06. The lowest BCUT2D eigenvalue weighted by molar-refractivity contribution is -0.137. The highest BCUT2D eigenvalue weighted by Crippen LogP contribution is 2.44. The number of alkyl halides is 2. The summed E-state index contributed by atoms with van der Waals surface area (Å²) in [6, 6.07) is 13.5. The molecule has 1 atom stereocenters. The van der Waals surface area contributed by atoms with E-state index in [0.29, 0.717) is 0 Å². The molecule has 0 aromatic heterocycles. The van der Waals surface area contributed by atoms with Gasteiger partial charge in [0.05, 0.1) is 13.0 Å². The normalized spacial score (nSPS) is 12.9. The van der Waals surface area contributed by atoms with Gasteiger partial charge in [-0.25, -0.2) is 13.6 Å². The minimum absolute atomic E-state index is 0.0776. The molecule has 9 nitrogen and oxygen atoms in total. The van der Waals surface area contributed by atoms with E-state index in [1.54, 1.807) is 0 Å². The van der Waals surface area contributed by atoms with Gasteiger partial charge in [0.15, 0.2) is 0 Å². The number of aliphatic carboxylic acids is 1. The number of rotatable bonds is 10. The zero-order valence-corrected chi connectivity index (χ0v) is 17.9. The molecule has 0 heterocycles. The Morgan fingerprint density at radius 1 is 0.882 bits per heavy atom. The van der Waals surface area contributed by atoms with E-state index in [2.05, 4.69) is 5.32 Å². The van der Waals surface area contributed by atoms with Crippen LogP contribution in [-0.4, -0.2) is 61.1 Å². The number of halogens is 2. The number of carboxylic acids is 1. The Kier molecular flexibility index (Phi) is 8.12. The van der Waals surface area contributed by atoms with Crippen LogP contribution < -0.4 is 16.0 Å². The summed E-state index contributed by atoms with van der Waals surface area (Å²) in [5.74, 6) is -3.25. The third-order valence-electron chi connectivity index (χ3n) is 5.24. The van der Waals surface area contributed by atoms with Gasteiger partial charge in [-0.3, -0.25) is 14.4 Å². The Morgan fingerprint density at radius 3 is 2.00 bits per heavy atom. The van der Waals surface area contributed by atoms with Gasteiger partial charge in [0.1, 0.15) is 19.2 Å². The first-order valence-corrected chi connectivity index (χ1v) is 10.4. The average molecular weight is 475 g/mol. The van der Waals surface area contributed by atoms with Crippen LogP contribution in [0.5, 0.6) is 0 Å². The quantitative estimate of drug-likeness (QED) is 0.415. The van der Waals surface area contributed by atoms with Gasteiger partial charge in [0.25, 0.3) is 6.43 Å². The summed E-state index contributed by atoms with van der Waals surface area (Å²) in [5.41, 5.74) is 3.95. The summed E-state index contributed by atoms with van der Waals surface area (Å²) in [6.07, 6.45) is -4.96. The summed E-state index contributed by atoms with van der Waals surface area (Å²) < 4.78 is 32.0. The number of benzene rings is 2. The molecule has 3 amide bonds. The fourth-order valence-electron chi connectivity index (χ4n) is 3.68. The third kappa shape index (κ3) is 6.27. The lowest BCUT2D eigenvalue weighted by Gasteiger charge is -2.19. The highest BCUT2D eigenvalue weighted by atomic mass is 19.3. The molecule has 0 bridgehead atoms. The van der Waals surface area contributed by atoms with E-state index in [4.69, 9.17) is 9.84 Å². The first-order chi connectivity index (χ1) is 16.3. The van der Waals surface area contributed by atoms with Crippen molar-refractivity contribution in [2.75, 3.05) is 19.7 Å². The largest absolute Gasteiger partial charge is 0.480 e. The number of nitrogens with one attached hydrogen (secondary N) is 3. The van der Waals surface area contributed by atoms with Gasteiger partial charge < -0.3 is 25.8 Å². The number of carboxylic acid groups (broad SMARTS) is 1. The number of ether oxygens (including phenoxy) is 1. The molecule has 34 heavy (non-hydrogen) atoms. The third-order valence-corrected chi connectivity index (χ3v) is 5.24. The standard InChI is InChI=1S/C23H23F2N3O6/c24-22(25)18(9-19(29)26-10-20(30)27-11-21(31)32)28-23(33)34-12-17-15-7-3-1-5-13(15)14-6-2-4-8-16(14)17/h1-8,17-18,22H,9-12H2,(H,26,29)(H,27,30)(H,28,33)(H,31,32). The predicted octanol–water partition coefficient (Wildman–Crippen LogP) is 1.87. The van der Waals surface area contributed by atoms with E-state index in [9.17, 15) is 28.0 Å². The Bertz CT molecular complexity index is 1030. The van der Waals surface area contributed by atoms with Crippen molar-refractivity contribution in [1.82, 2.24) is 16.0 Å². The maximum atomic E-state index is 13.4. The topological polar surface area (TPSA) is 134 Å². The summed E-state index contributed by atoms with van der Waals surface area (Å²) in [6.45, 7) is -1.31. The van der Waals surface area contributed by atoms with Crippen LogP contribution in [0.1, 0.15) is 23.5 Å². The number of carbonyl (C=O) groups excluding carboxylic acids is 3. The molecular formula is C23H23F2N3O6. The number of alkyl carbamates (subject to hydrolysis) is 1. The van der Waals surface area contributed by atoms with Crippen molar-refractivity contribution < 1.29 is 37.8 Å². The number of hydrogen-bond acceptors (Lipinski definition) is 5. The Balaban J connectivity index is 1.52. The predicted molar refractivity (Wildman–Crippen MR) is 116 cm³/mol. The molecule has 2 aromatic carbocycles. The maximum absolute atomic E-state index is 13.4. The minimum Gasteiger partial charge on any atom is -0.480 e. The smallest absolute Gasteiger partial charge is 0.407 e. The van der Waals surface area contributed by atoms with Crippen molar-refractivity contribution >= 4 is 23.9 Å². The number of carbonyl (C=O) groups is 4. The van der Waals surface area contributed by atoms with Crippen molar-refractivity contribution in [1.29, 1.82) is 0 Å². The number of amides is 3. The van der Waals surface area contributed by atoms with Gasteiger partial charge in [-0.2, -0.15) is 0 Å². The zero-order valence-electron chi connectivity index (χ0n) is 17.9. The van der Waals surface area contributed by atoms with E-state index in [0.717, 1.165) is 22.3 Å². The van der Waals surface area contributed by atoms with E-state index >= 15 is 0 Å². The first-order valence-electron chi connectivity index (χ1n) is 10.4. The fraction of sp³-hybridized carbons (Fsp3) is 0.304. The average Bonchev–Trinajstić information content (AvgIpc) is 3.13. The van der Waals surface area contributed by atoms with Crippen LogP contribution in [0.15, 0.2) is 48.5 Å². The van der Waals surface area contributed by atoms with Crippen molar-refractivity contribution in [3.05, 3.63) is 59.7 Å². The molecule has 2 aromatic rings. The van der Waals surface area contributed by atoms with Crippen LogP contribution in [-0.2, 0) is 19.1 Å². The van der Waals surface area contributed by atoms with E-state index in [1.807, 2.05) is 59.2 Å². The Hall–Kier alpha value is -4.02. The molecule has 0 saturated heterocycles. The molecule has 0 saturated carbocycles. The van der Waals surface area contributed by atoms with Gasteiger partial charge in [0.2, 0.25) is 11.8 Å². The molecule has 4 N–H and O–H groups in total. The highest BCUT2D eigenvalue weighted by Gasteiger charge is 2.30. The van der Waals surface area contributed by atoms with E-state index in [-0.39, 0.29) is 12.5 Å². The Labute approximate surface area is 193 Å². The molecule has 1 aliphatic rings. The molecule has 0 spiro atoms. The second kappa shape index (κ2) is 11.2. The fourth-order valence-corrected chi connectivity index (χ4v) is 3.68. The molecule has 3 rings (SSSR count). The molecule has 1 unspecified atom stereocenters. The molecule has 0 aliphatic heterocycles. The molecule has 0 radical (unpaired) electrons. The second-order valence-electron chi connectivity index (χ2n) is 7.56. The van der Waals surface area contributed by atoms with Crippen molar-refractivity contribution in [2.45, 2.75) is 24.8 Å². The lowest BCUT2D eigenvalue weighted by atomic mass is 9.98. The Morgan fingerprint density at radius 2 is 1.44 bits per heavy atom. The monoisotopic (exact) mass is 475 g/mol. The molecule has 180 valence electrons. The van der Waals surface area contributed by atoms with Crippen LogP contribution in [0.4, 0.5) is 13.6 Å². The number of hydrogen-bond donors (Lipinski definition) is 4. The van der Waals surface area contributed by atoms with Crippen LogP contribution >= 0.6 is 0 Å². The van der Waals surface area contributed by atoms with E-state index in [1.165, 1.54) is 0 Å². The first kappa shape index (κ1) is 24.6. The maximum Gasteiger partial charge on any atom is 0.407 e. The summed E-state index contributed by atoms with van der Waals surface area (Å²) in [7, 11) is 0. The number of fused-ring (bicyclic) bond motifs is 3. The molecule has 0 fully saturated rings. The molecule has 1 aliphatic carbocycles. The SMILES string of the molecule is O=C(O)CNC(=O)CNC(=O)CC(NC(=O)OCC1c2ccccc2-c2ccccc21)C(F)F. The van der Waals surface area contributed by atoms with Crippen molar-refractivity contribution in [3.8, 4) is 11.1 Å². The van der Waals surface area contributed by atoms with Crippen LogP contribution in [0.25, 0.3) is 11.1 Å². The zero-order chi connectivity index (χ0) is 24.7. The van der Waals surface area contributed by atoms with Crippen LogP contribution in [0, 0.1) is 0 Å². The van der Waals surface area contributed by atoms with Gasteiger partial charge >= 0.3 is 12.1 Å². The van der Waals surface area contributed by atoms with Gasteiger partial charge in [-0.1, -0.05) is 48.5 Å². The van der Waals surface area contributed by atoms with Gasteiger partial charge in [0, 0.05) is 5.92 Å². The lowest BCUT2D eigenvalue weighted by Crippen LogP contribution is -2.45. The molecule has 11 heteroatoms. The second-order valence-corrected chi connectivity index (χ2v) is 7.56. The van der Waals surface area contributed by atoms with Crippen LogP contribution in [0.3, 0.4) is 0 Å². The summed E-state index contributed by atoms with van der Waals surface area (Å²) in [4.78, 5) is 45.9. The van der Waals surface area contributed by atoms with Crippen molar-refractivity contribution in [2.24, 2.45) is 0 Å². The van der Waals surface area contributed by atoms with Crippen molar-refractivity contribution in [3.63, 3.8) is 0 Å². The van der Waals surface area contributed by atoms with Gasteiger partial charge in [-0.15, -0.1) is 0 Å².